The second kappa shape index (κ2) is 6.39. The Labute approximate surface area is 125 Å². The van der Waals surface area contributed by atoms with Crippen molar-refractivity contribution in [1.82, 2.24) is 14.5 Å². The number of rotatable bonds is 4. The fourth-order valence-corrected chi connectivity index (χ4v) is 3.23. The molecule has 21 heavy (non-hydrogen) atoms. The monoisotopic (exact) mass is 285 g/mol. The first-order valence-corrected chi connectivity index (χ1v) is 7.82. The van der Waals surface area contributed by atoms with Crippen molar-refractivity contribution in [3.8, 4) is 11.5 Å². The summed E-state index contributed by atoms with van der Waals surface area (Å²) in [6.07, 6.45) is 8.60. The molecule has 1 saturated carbocycles. The number of imidazole rings is 1. The van der Waals surface area contributed by atoms with Crippen LogP contribution >= 0.6 is 0 Å². The molecule has 1 aliphatic carbocycles. The van der Waals surface area contributed by atoms with Crippen LogP contribution in [0.15, 0.2) is 30.6 Å². The minimum Gasteiger partial charge on any atom is -0.396 e. The summed E-state index contributed by atoms with van der Waals surface area (Å²) in [5.74, 6) is 2.16. The van der Waals surface area contributed by atoms with Crippen LogP contribution < -0.4 is 0 Å². The van der Waals surface area contributed by atoms with E-state index < -0.39 is 0 Å². The summed E-state index contributed by atoms with van der Waals surface area (Å²) in [4.78, 5) is 9.06. The lowest BCUT2D eigenvalue weighted by molar-refractivity contribution is 0.161. The summed E-state index contributed by atoms with van der Waals surface area (Å²) in [5.41, 5.74) is 1.97. The number of hydrogen-bond acceptors (Lipinski definition) is 3. The molecular formula is C17H23N3O. The number of aryl methyl sites for hydroxylation is 1. The molecule has 1 fully saturated rings. The van der Waals surface area contributed by atoms with Crippen molar-refractivity contribution in [2.45, 2.75) is 39.2 Å². The molecule has 2 heterocycles. The number of pyridine rings is 1. The molecule has 0 bridgehead atoms. The first-order valence-electron chi connectivity index (χ1n) is 7.82. The molecule has 0 unspecified atom stereocenters. The van der Waals surface area contributed by atoms with Crippen molar-refractivity contribution in [2.75, 3.05) is 6.61 Å². The third-order valence-corrected chi connectivity index (χ3v) is 4.51. The summed E-state index contributed by atoms with van der Waals surface area (Å²) in [6.45, 7) is 3.35. The fourth-order valence-electron chi connectivity index (χ4n) is 3.23. The summed E-state index contributed by atoms with van der Waals surface area (Å²) >= 11 is 0. The zero-order valence-corrected chi connectivity index (χ0v) is 12.6. The van der Waals surface area contributed by atoms with E-state index in [4.69, 9.17) is 0 Å². The van der Waals surface area contributed by atoms with E-state index in [1.54, 1.807) is 0 Å². The number of hydrogen-bond donors (Lipinski definition) is 1. The molecule has 3 rings (SSSR count). The third-order valence-electron chi connectivity index (χ3n) is 4.51. The minimum atomic E-state index is 0.344. The van der Waals surface area contributed by atoms with Crippen molar-refractivity contribution in [3.05, 3.63) is 36.3 Å². The van der Waals surface area contributed by atoms with Crippen LogP contribution in [0, 0.1) is 18.8 Å². The maximum Gasteiger partial charge on any atom is 0.158 e. The Morgan fingerprint density at radius 2 is 1.95 bits per heavy atom. The van der Waals surface area contributed by atoms with Gasteiger partial charge in [0.2, 0.25) is 0 Å². The topological polar surface area (TPSA) is 50.9 Å². The molecule has 0 radical (unpaired) electrons. The summed E-state index contributed by atoms with van der Waals surface area (Å²) in [5, 5.41) is 9.23. The largest absolute Gasteiger partial charge is 0.396 e. The maximum absolute atomic E-state index is 9.23. The Kier molecular flexibility index (Phi) is 4.34. The average Bonchev–Trinajstić information content (AvgIpc) is 2.96. The molecule has 1 N–H and O–H groups in total. The van der Waals surface area contributed by atoms with E-state index in [-0.39, 0.29) is 0 Å². The van der Waals surface area contributed by atoms with Crippen molar-refractivity contribution >= 4 is 0 Å². The molecule has 1 aliphatic rings. The van der Waals surface area contributed by atoms with Gasteiger partial charge in [-0.3, -0.25) is 0 Å². The molecule has 2 aromatic rings. The number of aliphatic hydroxyl groups is 1. The molecule has 0 saturated heterocycles. The van der Waals surface area contributed by atoms with E-state index in [0.29, 0.717) is 18.4 Å². The van der Waals surface area contributed by atoms with Gasteiger partial charge in [0.25, 0.3) is 0 Å². The van der Waals surface area contributed by atoms with Crippen LogP contribution in [0.3, 0.4) is 0 Å². The van der Waals surface area contributed by atoms with Gasteiger partial charge in [-0.1, -0.05) is 6.07 Å². The first-order chi connectivity index (χ1) is 10.3. The van der Waals surface area contributed by atoms with Crippen LogP contribution in [0.25, 0.3) is 11.5 Å². The van der Waals surface area contributed by atoms with Crippen LogP contribution in [-0.4, -0.2) is 26.2 Å². The second-order valence-electron chi connectivity index (χ2n) is 6.14. The molecule has 112 valence electrons. The number of aliphatic hydroxyl groups excluding tert-OH is 1. The van der Waals surface area contributed by atoms with Gasteiger partial charge in [0.05, 0.1) is 0 Å². The van der Waals surface area contributed by atoms with Crippen molar-refractivity contribution in [1.29, 1.82) is 0 Å². The van der Waals surface area contributed by atoms with Crippen LogP contribution in [-0.2, 0) is 6.54 Å². The van der Waals surface area contributed by atoms with Gasteiger partial charge >= 0.3 is 0 Å². The normalized spacial score (nSPS) is 22.4. The zero-order chi connectivity index (χ0) is 14.7. The van der Waals surface area contributed by atoms with E-state index in [0.717, 1.165) is 36.6 Å². The lowest BCUT2D eigenvalue weighted by Gasteiger charge is -2.27. The van der Waals surface area contributed by atoms with Gasteiger partial charge in [-0.2, -0.15) is 0 Å². The highest BCUT2D eigenvalue weighted by atomic mass is 16.3. The first kappa shape index (κ1) is 14.3. The number of nitrogens with zero attached hydrogens (tertiary/aromatic N) is 3. The maximum atomic E-state index is 9.23. The number of aromatic nitrogens is 3. The minimum absolute atomic E-state index is 0.344. The third kappa shape index (κ3) is 3.32. The van der Waals surface area contributed by atoms with Crippen molar-refractivity contribution < 1.29 is 5.11 Å². The highest BCUT2D eigenvalue weighted by Crippen LogP contribution is 2.30. The van der Waals surface area contributed by atoms with E-state index in [2.05, 4.69) is 20.7 Å². The van der Waals surface area contributed by atoms with Gasteiger partial charge in [-0.05, 0) is 56.6 Å². The van der Waals surface area contributed by atoms with Crippen molar-refractivity contribution in [3.63, 3.8) is 0 Å². The molecular weight excluding hydrogens is 262 g/mol. The Hall–Kier alpha value is -1.68. The molecule has 0 aromatic carbocycles. The molecule has 0 atom stereocenters. The summed E-state index contributed by atoms with van der Waals surface area (Å²) in [7, 11) is 0. The quantitative estimate of drug-likeness (QED) is 0.939. The Morgan fingerprint density at radius 1 is 1.19 bits per heavy atom. The van der Waals surface area contributed by atoms with Crippen LogP contribution in [0.1, 0.15) is 31.4 Å². The molecule has 4 nitrogen and oxygen atoms in total. The predicted octanol–water partition coefficient (Wildman–Crippen LogP) is 3.05. The highest BCUT2D eigenvalue weighted by molar-refractivity contribution is 5.49. The summed E-state index contributed by atoms with van der Waals surface area (Å²) in [6, 6.07) is 6.06. The standard InChI is InChI=1S/C17H23N3O/c1-13-3-2-4-16(19-13)17-18-9-10-20(17)11-14-5-7-15(12-21)8-6-14/h2-4,9-10,14-15,21H,5-8,11-12H2,1H3. The Bertz CT molecular complexity index is 585. The molecule has 2 aromatic heterocycles. The Morgan fingerprint density at radius 3 is 2.67 bits per heavy atom. The molecule has 0 amide bonds. The van der Waals surface area contributed by atoms with Gasteiger partial charge in [0.1, 0.15) is 5.69 Å². The smallest absolute Gasteiger partial charge is 0.158 e. The Balaban J connectivity index is 1.72. The zero-order valence-electron chi connectivity index (χ0n) is 12.6. The lowest BCUT2D eigenvalue weighted by atomic mass is 9.82. The van der Waals surface area contributed by atoms with Crippen LogP contribution in [0.4, 0.5) is 0 Å². The SMILES string of the molecule is Cc1cccc(-c2nccn2CC2CCC(CO)CC2)n1. The van der Waals surface area contributed by atoms with Gasteiger partial charge < -0.3 is 9.67 Å². The van der Waals surface area contributed by atoms with Crippen LogP contribution in [0.5, 0.6) is 0 Å². The van der Waals surface area contributed by atoms with E-state index in [1.165, 1.54) is 12.8 Å². The van der Waals surface area contributed by atoms with Crippen LogP contribution in [0.2, 0.25) is 0 Å². The molecule has 4 heteroatoms. The summed E-state index contributed by atoms with van der Waals surface area (Å²) < 4.78 is 2.23. The van der Waals surface area contributed by atoms with E-state index >= 15 is 0 Å². The average molecular weight is 285 g/mol. The predicted molar refractivity (Wildman–Crippen MR) is 82.7 cm³/mol. The van der Waals surface area contributed by atoms with Gasteiger partial charge in [-0.25, -0.2) is 9.97 Å². The second-order valence-corrected chi connectivity index (χ2v) is 6.14. The van der Waals surface area contributed by atoms with E-state index in [9.17, 15) is 5.11 Å². The highest BCUT2D eigenvalue weighted by Gasteiger charge is 2.21. The van der Waals surface area contributed by atoms with Gasteiger partial charge in [0, 0.05) is 31.2 Å². The lowest BCUT2D eigenvalue weighted by Crippen LogP contribution is -2.21. The fraction of sp³-hybridized carbons (Fsp3) is 0.529. The van der Waals surface area contributed by atoms with Gasteiger partial charge in [0.15, 0.2) is 5.82 Å². The van der Waals surface area contributed by atoms with E-state index in [1.807, 2.05) is 31.3 Å². The van der Waals surface area contributed by atoms with Gasteiger partial charge in [-0.15, -0.1) is 0 Å². The molecule has 0 aliphatic heterocycles. The molecule has 0 spiro atoms. The van der Waals surface area contributed by atoms with Crippen molar-refractivity contribution in [2.24, 2.45) is 11.8 Å².